The Kier molecular flexibility index (Phi) is 6.69. The first-order valence-corrected chi connectivity index (χ1v) is 8.48. The highest BCUT2D eigenvalue weighted by atomic mass is 32.1. The minimum Gasteiger partial charge on any atom is -0.356 e. The van der Waals surface area contributed by atoms with E-state index < -0.39 is 0 Å². The summed E-state index contributed by atoms with van der Waals surface area (Å²) in [4.78, 5) is 23.4. The van der Waals surface area contributed by atoms with Gasteiger partial charge >= 0.3 is 0 Å². The van der Waals surface area contributed by atoms with E-state index in [1.54, 1.807) is 6.07 Å². The summed E-state index contributed by atoms with van der Waals surface area (Å²) in [5.74, 6) is 0.566. The number of carbonyl (C=O) groups is 2. The minimum atomic E-state index is -0.0649. The van der Waals surface area contributed by atoms with Crippen LogP contribution in [0, 0.1) is 5.92 Å². The van der Waals surface area contributed by atoms with Crippen LogP contribution in [0.3, 0.4) is 0 Å². The molecule has 0 saturated carbocycles. The van der Waals surface area contributed by atoms with Crippen LogP contribution in [0.15, 0.2) is 16.8 Å². The Morgan fingerprint density at radius 2 is 2.29 bits per heavy atom. The van der Waals surface area contributed by atoms with Gasteiger partial charge in [0, 0.05) is 30.5 Å². The summed E-state index contributed by atoms with van der Waals surface area (Å²) in [5.41, 5.74) is 0.689. The van der Waals surface area contributed by atoms with Gasteiger partial charge in [0.25, 0.3) is 5.91 Å². The lowest BCUT2D eigenvalue weighted by Gasteiger charge is -2.22. The van der Waals surface area contributed by atoms with Gasteiger partial charge in [-0.1, -0.05) is 0 Å². The molecule has 2 amide bonds. The summed E-state index contributed by atoms with van der Waals surface area (Å²) < 4.78 is 0. The second-order valence-electron chi connectivity index (χ2n) is 5.39. The Labute approximate surface area is 129 Å². The van der Waals surface area contributed by atoms with E-state index in [9.17, 15) is 9.59 Å². The average Bonchev–Trinajstić information content (AvgIpc) is 3.05. The van der Waals surface area contributed by atoms with Crippen molar-refractivity contribution < 1.29 is 9.59 Å². The van der Waals surface area contributed by atoms with Gasteiger partial charge < -0.3 is 16.0 Å². The zero-order valence-electron chi connectivity index (χ0n) is 12.2. The lowest BCUT2D eigenvalue weighted by Crippen LogP contribution is -2.38. The summed E-state index contributed by atoms with van der Waals surface area (Å²) in [6.45, 7) is 3.38. The van der Waals surface area contributed by atoms with Gasteiger partial charge in [0.15, 0.2) is 0 Å². The van der Waals surface area contributed by atoms with E-state index >= 15 is 0 Å². The molecule has 0 aromatic carbocycles. The molecule has 1 aromatic heterocycles. The van der Waals surface area contributed by atoms with Gasteiger partial charge in [-0.3, -0.25) is 9.59 Å². The summed E-state index contributed by atoms with van der Waals surface area (Å²) in [6, 6.07) is 1.80. The van der Waals surface area contributed by atoms with Crippen LogP contribution in [-0.4, -0.2) is 38.0 Å². The summed E-state index contributed by atoms with van der Waals surface area (Å²) >= 11 is 1.50. The predicted molar refractivity (Wildman–Crippen MR) is 84.5 cm³/mol. The molecule has 5 nitrogen and oxygen atoms in total. The number of rotatable bonds is 7. The van der Waals surface area contributed by atoms with Crippen LogP contribution in [0.1, 0.15) is 36.0 Å². The van der Waals surface area contributed by atoms with Crippen molar-refractivity contribution in [1.29, 1.82) is 0 Å². The molecular formula is C15H23N3O2S. The Morgan fingerprint density at radius 1 is 1.38 bits per heavy atom. The van der Waals surface area contributed by atoms with Crippen molar-refractivity contribution in [2.24, 2.45) is 5.92 Å². The van der Waals surface area contributed by atoms with Crippen LogP contribution < -0.4 is 16.0 Å². The third-order valence-electron chi connectivity index (χ3n) is 3.64. The molecule has 3 N–H and O–H groups in total. The van der Waals surface area contributed by atoms with Crippen molar-refractivity contribution in [3.8, 4) is 0 Å². The maximum Gasteiger partial charge on any atom is 0.252 e. The largest absolute Gasteiger partial charge is 0.356 e. The van der Waals surface area contributed by atoms with Gasteiger partial charge in [0.2, 0.25) is 5.91 Å². The third kappa shape index (κ3) is 5.85. The van der Waals surface area contributed by atoms with Gasteiger partial charge in [-0.05, 0) is 49.7 Å². The molecule has 2 rings (SSSR count). The van der Waals surface area contributed by atoms with Gasteiger partial charge in [0.05, 0.1) is 0 Å². The van der Waals surface area contributed by atoms with Crippen molar-refractivity contribution in [2.45, 2.75) is 25.7 Å². The standard InChI is InChI=1S/C15H23N3O2S/c19-14(18-10-12-3-1-6-16-9-12)4-2-7-17-15(20)13-5-8-21-11-13/h5,8,11-12,16H,1-4,6-7,9-10H2,(H,17,20)(H,18,19). The quantitative estimate of drug-likeness (QED) is 0.666. The van der Waals surface area contributed by atoms with Crippen LogP contribution in [-0.2, 0) is 4.79 Å². The molecule has 1 fully saturated rings. The molecule has 6 heteroatoms. The molecule has 0 aliphatic carbocycles. The molecular weight excluding hydrogens is 286 g/mol. The highest BCUT2D eigenvalue weighted by Gasteiger charge is 2.13. The fourth-order valence-corrected chi connectivity index (χ4v) is 3.03. The number of thiophene rings is 1. The van der Waals surface area contributed by atoms with E-state index in [1.165, 1.54) is 24.2 Å². The zero-order valence-corrected chi connectivity index (χ0v) is 13.0. The third-order valence-corrected chi connectivity index (χ3v) is 4.32. The van der Waals surface area contributed by atoms with Crippen molar-refractivity contribution in [3.05, 3.63) is 22.4 Å². The smallest absolute Gasteiger partial charge is 0.252 e. The van der Waals surface area contributed by atoms with Crippen molar-refractivity contribution >= 4 is 23.2 Å². The molecule has 0 spiro atoms. The van der Waals surface area contributed by atoms with Gasteiger partial charge in [-0.25, -0.2) is 0 Å². The first-order valence-electron chi connectivity index (χ1n) is 7.53. The molecule has 1 unspecified atom stereocenters. The topological polar surface area (TPSA) is 70.2 Å². The van der Waals surface area contributed by atoms with Crippen LogP contribution in [0.5, 0.6) is 0 Å². The van der Waals surface area contributed by atoms with E-state index in [0.29, 0.717) is 30.9 Å². The van der Waals surface area contributed by atoms with Crippen molar-refractivity contribution in [2.75, 3.05) is 26.2 Å². The normalized spacial score (nSPS) is 18.2. The van der Waals surface area contributed by atoms with Crippen LogP contribution in [0.4, 0.5) is 0 Å². The Bertz CT molecular complexity index is 442. The Hall–Kier alpha value is -1.40. The second-order valence-corrected chi connectivity index (χ2v) is 6.17. The molecule has 2 heterocycles. The second kappa shape index (κ2) is 8.79. The van der Waals surface area contributed by atoms with E-state index in [1.807, 2.05) is 10.8 Å². The molecule has 116 valence electrons. The Morgan fingerprint density at radius 3 is 3.00 bits per heavy atom. The summed E-state index contributed by atoms with van der Waals surface area (Å²) in [6.07, 6.45) is 3.51. The Balaban J connectivity index is 1.52. The number of piperidine rings is 1. The van der Waals surface area contributed by atoms with Gasteiger partial charge in [-0.15, -0.1) is 0 Å². The highest BCUT2D eigenvalue weighted by Crippen LogP contribution is 2.08. The van der Waals surface area contributed by atoms with Crippen molar-refractivity contribution in [3.63, 3.8) is 0 Å². The molecule has 1 aliphatic rings. The number of hydrogen-bond donors (Lipinski definition) is 3. The zero-order chi connectivity index (χ0) is 14.9. The SMILES string of the molecule is O=C(CCCNC(=O)c1ccsc1)NCC1CCCNC1. The van der Waals surface area contributed by atoms with Crippen LogP contribution in [0.2, 0.25) is 0 Å². The lowest BCUT2D eigenvalue weighted by atomic mass is 10.00. The molecule has 1 aromatic rings. The van der Waals surface area contributed by atoms with Crippen LogP contribution in [0.25, 0.3) is 0 Å². The molecule has 0 bridgehead atoms. The summed E-state index contributed by atoms with van der Waals surface area (Å²) in [7, 11) is 0. The monoisotopic (exact) mass is 309 g/mol. The van der Waals surface area contributed by atoms with E-state index in [0.717, 1.165) is 19.6 Å². The molecule has 21 heavy (non-hydrogen) atoms. The number of hydrogen-bond acceptors (Lipinski definition) is 4. The number of amides is 2. The molecule has 1 saturated heterocycles. The van der Waals surface area contributed by atoms with Crippen molar-refractivity contribution in [1.82, 2.24) is 16.0 Å². The van der Waals surface area contributed by atoms with E-state index in [-0.39, 0.29) is 11.8 Å². The molecule has 1 aliphatic heterocycles. The van der Waals surface area contributed by atoms with E-state index in [2.05, 4.69) is 16.0 Å². The summed E-state index contributed by atoms with van der Waals surface area (Å²) in [5, 5.41) is 12.8. The number of nitrogens with one attached hydrogen (secondary N) is 3. The fraction of sp³-hybridized carbons (Fsp3) is 0.600. The molecule has 1 atom stereocenters. The number of carbonyl (C=O) groups excluding carboxylic acids is 2. The maximum atomic E-state index is 11.7. The minimum absolute atomic E-state index is 0.0649. The molecule has 0 radical (unpaired) electrons. The van der Waals surface area contributed by atoms with Gasteiger partial charge in [-0.2, -0.15) is 11.3 Å². The first kappa shape index (κ1) is 16.0. The fourth-order valence-electron chi connectivity index (χ4n) is 2.39. The van der Waals surface area contributed by atoms with E-state index in [4.69, 9.17) is 0 Å². The van der Waals surface area contributed by atoms with Gasteiger partial charge in [0.1, 0.15) is 0 Å². The first-order chi connectivity index (χ1) is 10.3. The van der Waals surface area contributed by atoms with Crippen LogP contribution >= 0.6 is 11.3 Å². The highest BCUT2D eigenvalue weighted by molar-refractivity contribution is 7.08. The average molecular weight is 309 g/mol. The maximum absolute atomic E-state index is 11.7. The lowest BCUT2D eigenvalue weighted by molar-refractivity contribution is -0.121. The predicted octanol–water partition coefficient (Wildman–Crippen LogP) is 1.37.